The highest BCUT2D eigenvalue weighted by Crippen LogP contribution is 2.58. The first-order valence-electron chi connectivity index (χ1n) is 11.4. The van der Waals surface area contributed by atoms with Crippen LogP contribution < -0.4 is 0 Å². The molecule has 170 valence electrons. The Hall–Kier alpha value is -1.11. The fourth-order valence-electron chi connectivity index (χ4n) is 4.66. The van der Waals surface area contributed by atoms with Gasteiger partial charge in [0.1, 0.15) is 0 Å². The highest BCUT2D eigenvalue weighted by atomic mass is 16.6. The Bertz CT molecular complexity index is 570. The fourth-order valence-corrected chi connectivity index (χ4v) is 4.66. The Kier molecular flexibility index (Phi) is 8.56. The van der Waals surface area contributed by atoms with Crippen LogP contribution in [0.3, 0.4) is 0 Å². The fraction of sp³-hybridized carbons (Fsp3) is 0.870. The van der Waals surface area contributed by atoms with Gasteiger partial charge in [0.2, 0.25) is 0 Å². The molecule has 0 bridgehead atoms. The van der Waals surface area contributed by atoms with Crippen molar-refractivity contribution in [1.29, 1.82) is 0 Å². The third-order valence-corrected chi connectivity index (χ3v) is 6.68. The molecule has 1 spiro atoms. The maximum absolute atomic E-state index is 10.4. The first-order valence-corrected chi connectivity index (χ1v) is 11.4. The van der Waals surface area contributed by atoms with Crippen molar-refractivity contribution >= 4 is 6.09 Å². The Morgan fingerprint density at radius 2 is 1.83 bits per heavy atom. The molecule has 4 rings (SSSR count). The molecule has 1 N–H and O–H groups in total. The van der Waals surface area contributed by atoms with Crippen LogP contribution in [-0.4, -0.2) is 78.1 Å². The number of epoxide rings is 2. The molecule has 4 fully saturated rings. The summed E-state index contributed by atoms with van der Waals surface area (Å²) in [4.78, 5) is 13.9. The molecular formula is C23H44N2O4. The van der Waals surface area contributed by atoms with Gasteiger partial charge in [0.15, 0.2) is 0 Å². The van der Waals surface area contributed by atoms with Gasteiger partial charge in [-0.2, -0.15) is 0 Å². The smallest absolute Gasteiger partial charge is 0.407 e. The number of amides is 1. The van der Waals surface area contributed by atoms with Gasteiger partial charge in [-0.1, -0.05) is 38.3 Å². The van der Waals surface area contributed by atoms with Crippen LogP contribution in [0.15, 0.2) is 11.6 Å². The number of carboxylic acid groups (broad SMARTS) is 1. The van der Waals surface area contributed by atoms with Crippen molar-refractivity contribution in [3.63, 3.8) is 0 Å². The Morgan fingerprint density at radius 3 is 2.34 bits per heavy atom. The van der Waals surface area contributed by atoms with Gasteiger partial charge in [-0.05, 0) is 47.1 Å². The van der Waals surface area contributed by atoms with E-state index in [1.54, 1.807) is 0 Å². The summed E-state index contributed by atoms with van der Waals surface area (Å²) in [5.74, 6) is 0.638. The molecule has 0 aromatic carbocycles. The topological polar surface area (TPSA) is 68.8 Å². The number of nitrogens with zero attached hydrogens (tertiary/aromatic N) is 2. The van der Waals surface area contributed by atoms with Gasteiger partial charge in [0.05, 0.1) is 23.9 Å². The minimum absolute atomic E-state index is 0. The predicted octanol–water partition coefficient (Wildman–Crippen LogP) is 4.64. The van der Waals surface area contributed by atoms with Crippen LogP contribution in [0, 0.1) is 5.92 Å². The molecule has 0 radical (unpaired) electrons. The largest absolute Gasteiger partial charge is 0.465 e. The highest BCUT2D eigenvalue weighted by Gasteiger charge is 2.67. The Labute approximate surface area is 178 Å². The molecule has 1 aliphatic carbocycles. The van der Waals surface area contributed by atoms with E-state index in [4.69, 9.17) is 14.6 Å². The van der Waals surface area contributed by atoms with Crippen molar-refractivity contribution in [2.45, 2.75) is 84.0 Å². The lowest BCUT2D eigenvalue weighted by molar-refractivity contribution is 0.0886. The summed E-state index contributed by atoms with van der Waals surface area (Å²) in [6, 6.07) is 0. The van der Waals surface area contributed by atoms with Crippen LogP contribution >= 0.6 is 0 Å². The zero-order valence-corrected chi connectivity index (χ0v) is 19.4. The minimum Gasteiger partial charge on any atom is -0.465 e. The lowest BCUT2D eigenvalue weighted by Crippen LogP contribution is -2.46. The predicted molar refractivity (Wildman–Crippen MR) is 119 cm³/mol. The Balaban J connectivity index is 0.000000300. The minimum atomic E-state index is -0.798. The number of likely N-dealkylation sites (N-methyl/N-ethyl adjacent to an activating group) is 1. The second-order valence-corrected chi connectivity index (χ2v) is 9.03. The standard InChI is InChI=1S/C15H24O2.C6H12N2O2.C2H6.H2/c1-11(2)7-8-13-14(3,17-13)12-6-4-5-9-15(12)10-16-15;1-7-2-4-8(5-3-7)6(9)10;1-2;/h7,12-13H,4-6,8-10H2,1-3H3;2-5H2,1H3,(H,9,10);1-2H3;1H/t12?,13-,14-,15+;;;/m1.../s1. The van der Waals surface area contributed by atoms with Crippen molar-refractivity contribution in [2.75, 3.05) is 39.8 Å². The third kappa shape index (κ3) is 6.19. The van der Waals surface area contributed by atoms with Crippen LogP contribution in [-0.2, 0) is 9.47 Å². The van der Waals surface area contributed by atoms with Gasteiger partial charge in [0.25, 0.3) is 0 Å². The zero-order valence-electron chi connectivity index (χ0n) is 19.4. The summed E-state index contributed by atoms with van der Waals surface area (Å²) in [6.07, 6.45) is 8.25. The molecule has 3 aliphatic heterocycles. The van der Waals surface area contributed by atoms with Crippen LogP contribution in [0.1, 0.15) is 68.1 Å². The maximum atomic E-state index is 10.4. The van der Waals surface area contributed by atoms with Gasteiger partial charge in [-0.3, -0.25) is 0 Å². The first-order chi connectivity index (χ1) is 13.8. The number of hydrogen-bond acceptors (Lipinski definition) is 4. The van der Waals surface area contributed by atoms with Gasteiger partial charge in [-0.15, -0.1) is 0 Å². The molecule has 1 amide bonds. The SMILES string of the molecule is CC.CC(C)=CC[C@H]1O[C@]1(C)C1CCCC[C@]12CO2.CN1CCN(C(=O)O)CC1.[HH]. The summed E-state index contributed by atoms with van der Waals surface area (Å²) >= 11 is 0. The van der Waals surface area contributed by atoms with Gasteiger partial charge in [0, 0.05) is 33.5 Å². The molecule has 4 aliphatic rings. The molecule has 0 aromatic heterocycles. The number of allylic oxidation sites excluding steroid dienone is 1. The van der Waals surface area contributed by atoms with E-state index in [0.717, 1.165) is 26.1 Å². The van der Waals surface area contributed by atoms with Crippen molar-refractivity contribution in [3.05, 3.63) is 11.6 Å². The van der Waals surface area contributed by atoms with E-state index in [1.165, 1.54) is 36.2 Å². The molecule has 3 heterocycles. The second-order valence-electron chi connectivity index (χ2n) is 9.03. The van der Waals surface area contributed by atoms with E-state index in [-0.39, 0.29) is 12.6 Å². The van der Waals surface area contributed by atoms with Crippen LogP contribution in [0.2, 0.25) is 0 Å². The van der Waals surface area contributed by atoms with E-state index in [1.807, 2.05) is 20.9 Å². The lowest BCUT2D eigenvalue weighted by atomic mass is 9.71. The molecule has 3 saturated heterocycles. The third-order valence-electron chi connectivity index (χ3n) is 6.68. The highest BCUT2D eigenvalue weighted by molar-refractivity contribution is 5.65. The average molecular weight is 413 g/mol. The van der Waals surface area contributed by atoms with Gasteiger partial charge < -0.3 is 24.4 Å². The number of ether oxygens (including phenoxy) is 2. The van der Waals surface area contributed by atoms with Crippen LogP contribution in [0.25, 0.3) is 0 Å². The number of hydrogen-bond donors (Lipinski definition) is 1. The second kappa shape index (κ2) is 10.3. The summed E-state index contributed by atoms with van der Waals surface area (Å²) in [5.41, 5.74) is 1.71. The zero-order chi connectivity index (χ0) is 21.7. The van der Waals surface area contributed by atoms with Crippen molar-refractivity contribution in [2.24, 2.45) is 5.92 Å². The normalized spacial score (nSPS) is 35.6. The summed E-state index contributed by atoms with van der Waals surface area (Å²) < 4.78 is 11.8. The summed E-state index contributed by atoms with van der Waals surface area (Å²) in [7, 11) is 2.00. The average Bonchev–Trinajstić information content (AvgIpc) is 3.61. The molecule has 1 unspecified atom stereocenters. The first kappa shape index (κ1) is 24.2. The quantitative estimate of drug-likeness (QED) is 0.540. The van der Waals surface area contributed by atoms with E-state index < -0.39 is 6.09 Å². The van der Waals surface area contributed by atoms with E-state index in [9.17, 15) is 4.79 Å². The lowest BCUT2D eigenvalue weighted by Gasteiger charge is -2.32. The van der Waals surface area contributed by atoms with Crippen LogP contribution in [0.5, 0.6) is 0 Å². The van der Waals surface area contributed by atoms with Crippen molar-refractivity contribution in [3.8, 4) is 0 Å². The van der Waals surface area contributed by atoms with Crippen molar-refractivity contribution < 1.29 is 20.8 Å². The molecular weight excluding hydrogens is 368 g/mol. The summed E-state index contributed by atoms with van der Waals surface area (Å²) in [6.45, 7) is 14.6. The van der Waals surface area contributed by atoms with Crippen molar-refractivity contribution in [1.82, 2.24) is 9.80 Å². The van der Waals surface area contributed by atoms with Gasteiger partial charge in [-0.25, -0.2) is 4.79 Å². The Morgan fingerprint density at radius 1 is 1.21 bits per heavy atom. The monoisotopic (exact) mass is 412 g/mol. The number of carbonyl (C=O) groups is 1. The summed E-state index contributed by atoms with van der Waals surface area (Å²) in [5, 5.41) is 8.53. The number of piperazine rings is 1. The van der Waals surface area contributed by atoms with Gasteiger partial charge >= 0.3 is 6.09 Å². The van der Waals surface area contributed by atoms with E-state index in [2.05, 4.69) is 31.7 Å². The van der Waals surface area contributed by atoms with Crippen LogP contribution in [0.4, 0.5) is 4.79 Å². The molecule has 4 atom stereocenters. The van der Waals surface area contributed by atoms with E-state index in [0.29, 0.717) is 25.1 Å². The maximum Gasteiger partial charge on any atom is 0.407 e. The van der Waals surface area contributed by atoms with E-state index >= 15 is 0 Å². The molecule has 6 nitrogen and oxygen atoms in total. The molecule has 29 heavy (non-hydrogen) atoms. The molecule has 0 aromatic rings. The molecule has 6 heteroatoms. The number of rotatable bonds is 3. The molecule has 1 saturated carbocycles.